The third-order valence-electron chi connectivity index (χ3n) is 5.97. The summed E-state index contributed by atoms with van der Waals surface area (Å²) in [6, 6.07) is 6.45. The van der Waals surface area contributed by atoms with E-state index in [-0.39, 0.29) is 17.9 Å². The van der Waals surface area contributed by atoms with Crippen LogP contribution in [0.5, 0.6) is 0 Å². The quantitative estimate of drug-likeness (QED) is 0.658. The van der Waals surface area contributed by atoms with E-state index in [1.54, 1.807) is 11.8 Å². The maximum atomic E-state index is 12.7. The van der Waals surface area contributed by atoms with Crippen molar-refractivity contribution in [3.63, 3.8) is 0 Å². The van der Waals surface area contributed by atoms with Gasteiger partial charge in [0, 0.05) is 23.8 Å². The van der Waals surface area contributed by atoms with Gasteiger partial charge in [0.1, 0.15) is 0 Å². The number of nitrogens with one attached hydrogen (secondary N) is 2. The molecule has 1 aromatic carbocycles. The first kappa shape index (κ1) is 21.9. The molecule has 1 aromatic rings. The minimum Gasteiger partial charge on any atom is -0.466 e. The van der Waals surface area contributed by atoms with Crippen LogP contribution in [-0.4, -0.2) is 36.5 Å². The molecular formula is C23H31N3O4. The Morgan fingerprint density at radius 3 is 2.47 bits per heavy atom. The molecule has 1 saturated carbocycles. The van der Waals surface area contributed by atoms with Crippen molar-refractivity contribution in [3.05, 3.63) is 41.1 Å². The lowest BCUT2D eigenvalue weighted by Crippen LogP contribution is -2.48. The molecule has 7 nitrogen and oxygen atoms in total. The molecule has 2 aliphatic rings. The Labute approximate surface area is 177 Å². The second-order valence-corrected chi connectivity index (χ2v) is 7.97. The molecule has 0 saturated heterocycles. The molecule has 0 radical (unpaired) electrons. The van der Waals surface area contributed by atoms with Crippen molar-refractivity contribution in [1.29, 1.82) is 0 Å². The van der Waals surface area contributed by atoms with Crippen molar-refractivity contribution in [2.24, 2.45) is 5.92 Å². The minimum atomic E-state index is -0.595. The molecule has 30 heavy (non-hydrogen) atoms. The molecule has 0 unspecified atom stereocenters. The Morgan fingerprint density at radius 2 is 1.87 bits per heavy atom. The van der Waals surface area contributed by atoms with Gasteiger partial charge in [0.15, 0.2) is 0 Å². The van der Waals surface area contributed by atoms with Crippen molar-refractivity contribution in [2.45, 2.75) is 58.4 Å². The molecule has 0 spiro atoms. The summed E-state index contributed by atoms with van der Waals surface area (Å²) in [4.78, 5) is 39.2. The number of hydrogen-bond donors (Lipinski definition) is 2. The van der Waals surface area contributed by atoms with Gasteiger partial charge in [-0.15, -0.1) is 0 Å². The summed E-state index contributed by atoms with van der Waals surface area (Å²) >= 11 is 0. The fraction of sp³-hybridized carbons (Fsp3) is 0.522. The molecule has 1 fully saturated rings. The lowest BCUT2D eigenvalue weighted by atomic mass is 9.94. The Hall–Kier alpha value is -2.83. The van der Waals surface area contributed by atoms with E-state index in [4.69, 9.17) is 4.74 Å². The topological polar surface area (TPSA) is 87.7 Å². The Bertz CT molecular complexity index is 825. The fourth-order valence-electron chi connectivity index (χ4n) is 4.18. The number of rotatable bonds is 7. The highest BCUT2D eigenvalue weighted by molar-refractivity contribution is 5.95. The molecule has 2 N–H and O–H groups in total. The highest BCUT2D eigenvalue weighted by Gasteiger charge is 2.36. The van der Waals surface area contributed by atoms with Crippen LogP contribution in [0.25, 0.3) is 0 Å². The molecule has 1 aliphatic carbocycles. The number of anilines is 1. The lowest BCUT2D eigenvalue weighted by molar-refractivity contribution is -0.136. The predicted octanol–water partition coefficient (Wildman–Crippen LogP) is 4.13. The van der Waals surface area contributed by atoms with Gasteiger partial charge in [0.25, 0.3) is 0 Å². The normalized spacial score (nSPS) is 19.6. The van der Waals surface area contributed by atoms with Gasteiger partial charge in [-0.3, -0.25) is 9.69 Å². The smallest absolute Gasteiger partial charge is 0.337 e. The van der Waals surface area contributed by atoms with Gasteiger partial charge < -0.3 is 15.4 Å². The minimum absolute atomic E-state index is 0.0591. The molecule has 3 rings (SSSR count). The van der Waals surface area contributed by atoms with Crippen LogP contribution in [0.4, 0.5) is 10.5 Å². The van der Waals surface area contributed by atoms with Crippen LogP contribution < -0.4 is 10.6 Å². The van der Waals surface area contributed by atoms with Gasteiger partial charge in [0.05, 0.1) is 18.7 Å². The van der Waals surface area contributed by atoms with E-state index in [0.29, 0.717) is 23.5 Å². The molecular weight excluding hydrogens is 382 g/mol. The zero-order valence-corrected chi connectivity index (χ0v) is 18.0. The highest BCUT2D eigenvalue weighted by Crippen LogP contribution is 2.32. The number of methoxy groups -OCH3 is 1. The van der Waals surface area contributed by atoms with E-state index in [1.165, 1.54) is 7.11 Å². The third-order valence-corrected chi connectivity index (χ3v) is 5.97. The zero-order chi connectivity index (χ0) is 21.7. The maximum absolute atomic E-state index is 12.7. The number of urea groups is 1. The number of esters is 1. The van der Waals surface area contributed by atoms with E-state index < -0.39 is 12.0 Å². The molecule has 1 aliphatic heterocycles. The van der Waals surface area contributed by atoms with E-state index in [9.17, 15) is 14.4 Å². The number of allylic oxidation sites excluding steroid dienone is 1. The second-order valence-electron chi connectivity index (χ2n) is 7.97. The first-order valence-electron chi connectivity index (χ1n) is 10.7. The van der Waals surface area contributed by atoms with Gasteiger partial charge in [-0.2, -0.15) is 0 Å². The SMILES string of the molecule is CCCCN1C(=O)N[C@H](c2ccc(NC(=O)C3CCCC3)cc2)C(C(=O)OC)=C1C. The first-order valence-corrected chi connectivity index (χ1v) is 10.7. The van der Waals surface area contributed by atoms with Gasteiger partial charge >= 0.3 is 12.0 Å². The third kappa shape index (κ3) is 4.66. The summed E-state index contributed by atoms with van der Waals surface area (Å²) in [5, 5.41) is 5.90. The molecule has 1 heterocycles. The molecule has 3 amide bonds. The number of ether oxygens (including phenoxy) is 1. The largest absolute Gasteiger partial charge is 0.466 e. The molecule has 0 aromatic heterocycles. The first-order chi connectivity index (χ1) is 14.5. The monoisotopic (exact) mass is 413 g/mol. The summed E-state index contributed by atoms with van der Waals surface area (Å²) in [6.45, 7) is 4.38. The standard InChI is InChI=1S/C23H31N3O4/c1-4-5-14-26-15(2)19(22(28)30-3)20(25-23(26)29)16-10-12-18(13-11-16)24-21(27)17-8-6-7-9-17/h10-13,17,20H,4-9,14H2,1-3H3,(H,24,27)(H,25,29)/t20-/m1/s1. The van der Waals surface area contributed by atoms with Crippen LogP contribution in [-0.2, 0) is 14.3 Å². The van der Waals surface area contributed by atoms with E-state index in [0.717, 1.165) is 44.1 Å². The predicted molar refractivity (Wildman–Crippen MR) is 115 cm³/mol. The van der Waals surface area contributed by atoms with Crippen molar-refractivity contribution in [3.8, 4) is 0 Å². The van der Waals surface area contributed by atoms with Crippen LogP contribution in [0.2, 0.25) is 0 Å². The number of benzene rings is 1. The zero-order valence-electron chi connectivity index (χ0n) is 18.0. The summed E-state index contributed by atoms with van der Waals surface area (Å²) in [5.41, 5.74) is 2.51. The van der Waals surface area contributed by atoms with Crippen LogP contribution in [0.1, 0.15) is 64.0 Å². The van der Waals surface area contributed by atoms with Crippen molar-refractivity contribution < 1.29 is 19.1 Å². The average Bonchev–Trinajstić information content (AvgIpc) is 3.28. The number of nitrogens with zero attached hydrogens (tertiary/aromatic N) is 1. The fourth-order valence-corrected chi connectivity index (χ4v) is 4.18. The van der Waals surface area contributed by atoms with Gasteiger partial charge in [-0.1, -0.05) is 38.3 Å². The van der Waals surface area contributed by atoms with Gasteiger partial charge in [-0.25, -0.2) is 9.59 Å². The Balaban J connectivity index is 1.82. The van der Waals surface area contributed by atoms with E-state index >= 15 is 0 Å². The Morgan fingerprint density at radius 1 is 1.20 bits per heavy atom. The number of carbonyl (C=O) groups is 3. The van der Waals surface area contributed by atoms with Gasteiger partial charge in [-0.05, 0) is 43.9 Å². The number of hydrogen-bond acceptors (Lipinski definition) is 4. The molecule has 7 heteroatoms. The van der Waals surface area contributed by atoms with Crippen molar-refractivity contribution >= 4 is 23.6 Å². The summed E-state index contributed by atoms with van der Waals surface area (Å²) in [6.07, 6.45) is 5.89. The summed E-state index contributed by atoms with van der Waals surface area (Å²) < 4.78 is 5.00. The Kier molecular flexibility index (Phi) is 7.13. The van der Waals surface area contributed by atoms with Gasteiger partial charge in [0.2, 0.25) is 5.91 Å². The molecule has 1 atom stereocenters. The van der Waals surface area contributed by atoms with Crippen LogP contribution >= 0.6 is 0 Å². The number of carbonyl (C=O) groups excluding carboxylic acids is 3. The lowest BCUT2D eigenvalue weighted by Gasteiger charge is -2.35. The van der Waals surface area contributed by atoms with Crippen molar-refractivity contribution in [2.75, 3.05) is 19.0 Å². The maximum Gasteiger partial charge on any atom is 0.337 e. The number of amides is 3. The van der Waals surface area contributed by atoms with Crippen LogP contribution in [0, 0.1) is 5.92 Å². The van der Waals surface area contributed by atoms with Crippen LogP contribution in [0.15, 0.2) is 35.5 Å². The van der Waals surface area contributed by atoms with Crippen LogP contribution in [0.3, 0.4) is 0 Å². The summed E-state index contributed by atoms with van der Waals surface area (Å²) in [5.74, 6) is -0.311. The molecule has 0 bridgehead atoms. The number of unbranched alkanes of at least 4 members (excludes halogenated alkanes) is 1. The van der Waals surface area contributed by atoms with E-state index in [1.807, 2.05) is 24.3 Å². The average molecular weight is 414 g/mol. The summed E-state index contributed by atoms with van der Waals surface area (Å²) in [7, 11) is 1.34. The van der Waals surface area contributed by atoms with Crippen molar-refractivity contribution in [1.82, 2.24) is 10.2 Å². The highest BCUT2D eigenvalue weighted by atomic mass is 16.5. The second kappa shape index (κ2) is 9.78. The van der Waals surface area contributed by atoms with E-state index in [2.05, 4.69) is 17.6 Å². The molecule has 162 valence electrons.